The van der Waals surface area contributed by atoms with E-state index in [1.54, 1.807) is 25.1 Å². The van der Waals surface area contributed by atoms with E-state index in [0.717, 1.165) is 5.56 Å². The maximum absolute atomic E-state index is 13.6. The number of urea groups is 1. The number of aryl methyl sites for hydroxylation is 1. The van der Waals surface area contributed by atoms with E-state index in [-0.39, 0.29) is 17.4 Å². The van der Waals surface area contributed by atoms with Crippen LogP contribution < -0.4 is 9.80 Å². The van der Waals surface area contributed by atoms with Crippen molar-refractivity contribution in [1.29, 1.82) is 0 Å². The average Bonchev–Trinajstić information content (AvgIpc) is 2.88. The average molecular weight is 314 g/mol. The number of carbonyl (C=O) groups excluding carboxylic acids is 1. The van der Waals surface area contributed by atoms with Crippen molar-refractivity contribution in [3.63, 3.8) is 0 Å². The molecule has 23 heavy (non-hydrogen) atoms. The van der Waals surface area contributed by atoms with Crippen molar-refractivity contribution >= 4 is 23.4 Å². The summed E-state index contributed by atoms with van der Waals surface area (Å²) >= 11 is 0. The van der Waals surface area contributed by atoms with Crippen LogP contribution in [0.3, 0.4) is 0 Å². The zero-order valence-electron chi connectivity index (χ0n) is 12.5. The molecule has 0 radical (unpaired) electrons. The van der Waals surface area contributed by atoms with Gasteiger partial charge in [-0.2, -0.15) is 0 Å². The van der Waals surface area contributed by atoms with Gasteiger partial charge in [-0.05, 0) is 48.9 Å². The van der Waals surface area contributed by atoms with Crippen LogP contribution in [0.2, 0.25) is 0 Å². The molecule has 1 aliphatic heterocycles. The number of carboxylic acids is 1. The first kappa shape index (κ1) is 15.0. The molecule has 3 rings (SSSR count). The maximum Gasteiger partial charge on any atom is 0.335 e. The van der Waals surface area contributed by atoms with E-state index in [9.17, 15) is 14.0 Å². The van der Waals surface area contributed by atoms with E-state index in [1.807, 2.05) is 0 Å². The smallest absolute Gasteiger partial charge is 0.335 e. The highest BCUT2D eigenvalue weighted by Gasteiger charge is 2.31. The number of nitrogens with zero attached hydrogens (tertiary/aromatic N) is 2. The Labute approximate surface area is 132 Å². The number of halogens is 1. The number of anilines is 2. The molecule has 2 aromatic rings. The van der Waals surface area contributed by atoms with Crippen molar-refractivity contribution in [2.45, 2.75) is 6.92 Å². The first-order valence-electron chi connectivity index (χ1n) is 7.15. The monoisotopic (exact) mass is 314 g/mol. The van der Waals surface area contributed by atoms with Gasteiger partial charge >= 0.3 is 12.0 Å². The van der Waals surface area contributed by atoms with Crippen LogP contribution in [0, 0.1) is 12.7 Å². The van der Waals surface area contributed by atoms with Gasteiger partial charge in [0.15, 0.2) is 0 Å². The van der Waals surface area contributed by atoms with E-state index in [2.05, 4.69) is 0 Å². The minimum atomic E-state index is -1.05. The normalized spacial score (nSPS) is 14.4. The van der Waals surface area contributed by atoms with Crippen LogP contribution in [0.15, 0.2) is 42.5 Å². The standard InChI is InChI=1S/C17H15FN2O3/c1-11-7-13(18)10-15(8-11)20-6-5-19(17(20)23)14-4-2-3-12(9-14)16(21)22/h2-4,7-10H,5-6H2,1H3,(H,21,22). The van der Waals surface area contributed by atoms with Gasteiger partial charge in [-0.3, -0.25) is 9.80 Å². The number of carboxylic acid groups (broad SMARTS) is 1. The third-order valence-corrected chi connectivity index (χ3v) is 3.75. The molecule has 0 bridgehead atoms. The molecule has 1 heterocycles. The molecule has 0 spiro atoms. The molecule has 0 aliphatic carbocycles. The molecular weight excluding hydrogens is 299 g/mol. The Morgan fingerprint density at radius 2 is 1.78 bits per heavy atom. The number of carbonyl (C=O) groups is 2. The van der Waals surface area contributed by atoms with Crippen LogP contribution in [0.4, 0.5) is 20.6 Å². The molecular formula is C17H15FN2O3. The quantitative estimate of drug-likeness (QED) is 0.946. The third kappa shape index (κ3) is 2.88. The molecule has 0 atom stereocenters. The Morgan fingerprint density at radius 3 is 2.43 bits per heavy atom. The maximum atomic E-state index is 13.6. The summed E-state index contributed by atoms with van der Waals surface area (Å²) in [7, 11) is 0. The lowest BCUT2D eigenvalue weighted by atomic mass is 10.2. The molecule has 2 amide bonds. The number of aromatic carboxylic acids is 1. The summed E-state index contributed by atoms with van der Waals surface area (Å²) in [5.41, 5.74) is 1.88. The second kappa shape index (κ2) is 5.72. The molecule has 0 unspecified atom stereocenters. The highest BCUT2D eigenvalue weighted by atomic mass is 19.1. The molecule has 118 valence electrons. The highest BCUT2D eigenvalue weighted by Crippen LogP contribution is 2.27. The first-order chi connectivity index (χ1) is 11.0. The van der Waals surface area contributed by atoms with Gasteiger partial charge in [0.2, 0.25) is 0 Å². The topological polar surface area (TPSA) is 60.9 Å². The second-order valence-electron chi connectivity index (χ2n) is 5.43. The summed E-state index contributed by atoms with van der Waals surface area (Å²) < 4.78 is 13.6. The Bertz CT molecular complexity index is 771. The fourth-order valence-electron chi connectivity index (χ4n) is 2.70. The zero-order chi connectivity index (χ0) is 16.6. The van der Waals surface area contributed by atoms with E-state index in [1.165, 1.54) is 34.1 Å². The minimum Gasteiger partial charge on any atom is -0.478 e. The summed E-state index contributed by atoms with van der Waals surface area (Å²) in [6.07, 6.45) is 0. The molecule has 5 nitrogen and oxygen atoms in total. The van der Waals surface area contributed by atoms with E-state index < -0.39 is 5.97 Å². The second-order valence-corrected chi connectivity index (χ2v) is 5.43. The van der Waals surface area contributed by atoms with Gasteiger partial charge < -0.3 is 5.11 Å². The van der Waals surface area contributed by atoms with Crippen molar-refractivity contribution in [2.75, 3.05) is 22.9 Å². The molecule has 0 aromatic heterocycles. The number of hydrogen-bond donors (Lipinski definition) is 1. The summed E-state index contributed by atoms with van der Waals surface area (Å²) in [5, 5.41) is 9.05. The number of amides is 2. The van der Waals surface area contributed by atoms with Gasteiger partial charge in [-0.1, -0.05) is 6.07 Å². The van der Waals surface area contributed by atoms with Gasteiger partial charge in [0.25, 0.3) is 0 Å². The van der Waals surface area contributed by atoms with Crippen LogP contribution in [-0.4, -0.2) is 30.2 Å². The molecule has 1 aliphatic rings. The number of rotatable bonds is 3. The number of hydrogen-bond acceptors (Lipinski definition) is 2. The lowest BCUT2D eigenvalue weighted by molar-refractivity contribution is 0.0697. The summed E-state index contributed by atoms with van der Waals surface area (Å²) in [6, 6.07) is 10.4. The Kier molecular flexibility index (Phi) is 3.73. The van der Waals surface area contributed by atoms with Gasteiger partial charge in [0.05, 0.1) is 5.56 Å². The largest absolute Gasteiger partial charge is 0.478 e. The van der Waals surface area contributed by atoms with Gasteiger partial charge in [0, 0.05) is 24.5 Å². The number of benzene rings is 2. The fraction of sp³-hybridized carbons (Fsp3) is 0.176. The fourth-order valence-corrected chi connectivity index (χ4v) is 2.70. The van der Waals surface area contributed by atoms with Crippen molar-refractivity contribution in [1.82, 2.24) is 0 Å². The Morgan fingerprint density at radius 1 is 1.09 bits per heavy atom. The SMILES string of the molecule is Cc1cc(F)cc(N2CCN(c3cccc(C(=O)O)c3)C2=O)c1. The molecule has 2 aromatic carbocycles. The van der Waals surface area contributed by atoms with Crippen LogP contribution >= 0.6 is 0 Å². The summed E-state index contributed by atoms with van der Waals surface area (Å²) in [4.78, 5) is 26.6. The predicted molar refractivity (Wildman–Crippen MR) is 84.6 cm³/mol. The minimum absolute atomic E-state index is 0.121. The summed E-state index contributed by atoms with van der Waals surface area (Å²) in [5.74, 6) is -1.43. The molecule has 1 saturated heterocycles. The van der Waals surface area contributed by atoms with Crippen molar-refractivity contribution < 1.29 is 19.1 Å². The van der Waals surface area contributed by atoms with Crippen LogP contribution in [-0.2, 0) is 0 Å². The lowest BCUT2D eigenvalue weighted by Gasteiger charge is -2.19. The van der Waals surface area contributed by atoms with E-state index >= 15 is 0 Å². The van der Waals surface area contributed by atoms with Gasteiger partial charge in [0.1, 0.15) is 5.82 Å². The molecule has 6 heteroatoms. The van der Waals surface area contributed by atoms with E-state index in [0.29, 0.717) is 24.5 Å². The predicted octanol–water partition coefficient (Wildman–Crippen LogP) is 3.28. The van der Waals surface area contributed by atoms with Crippen molar-refractivity contribution in [3.05, 3.63) is 59.4 Å². The van der Waals surface area contributed by atoms with Crippen LogP contribution in [0.25, 0.3) is 0 Å². The van der Waals surface area contributed by atoms with Crippen LogP contribution in [0.5, 0.6) is 0 Å². The molecule has 0 saturated carbocycles. The molecule has 1 N–H and O–H groups in total. The lowest BCUT2D eigenvalue weighted by Crippen LogP contribution is -2.31. The Hall–Kier alpha value is -2.89. The Balaban J connectivity index is 1.89. The van der Waals surface area contributed by atoms with Crippen molar-refractivity contribution in [3.8, 4) is 0 Å². The molecule has 1 fully saturated rings. The first-order valence-corrected chi connectivity index (χ1v) is 7.15. The van der Waals surface area contributed by atoms with Crippen LogP contribution in [0.1, 0.15) is 15.9 Å². The van der Waals surface area contributed by atoms with Gasteiger partial charge in [-0.15, -0.1) is 0 Å². The summed E-state index contributed by atoms with van der Waals surface area (Å²) in [6.45, 7) is 2.59. The van der Waals surface area contributed by atoms with Gasteiger partial charge in [-0.25, -0.2) is 14.0 Å². The third-order valence-electron chi connectivity index (χ3n) is 3.75. The zero-order valence-corrected chi connectivity index (χ0v) is 12.5. The van der Waals surface area contributed by atoms with E-state index in [4.69, 9.17) is 5.11 Å². The van der Waals surface area contributed by atoms with Crippen molar-refractivity contribution in [2.24, 2.45) is 0 Å². The highest BCUT2D eigenvalue weighted by molar-refractivity contribution is 6.06.